The van der Waals surface area contributed by atoms with Crippen molar-refractivity contribution in [2.45, 2.75) is 19.8 Å². The number of ether oxygens (including phenoxy) is 1. The minimum Gasteiger partial charge on any atom is -0.483 e. The molecule has 5 heteroatoms. The fourth-order valence-electron chi connectivity index (χ4n) is 2.68. The topological polar surface area (TPSA) is 41.6 Å². The molecule has 21 heavy (non-hydrogen) atoms. The van der Waals surface area contributed by atoms with Crippen LogP contribution < -0.4 is 10.1 Å². The maximum atomic E-state index is 12.1. The summed E-state index contributed by atoms with van der Waals surface area (Å²) in [7, 11) is 1.95. The predicted octanol–water partition coefficient (Wildman–Crippen LogP) is 2.12. The minimum atomic E-state index is 0. The number of nitrogens with zero attached hydrogens (tertiary/aromatic N) is 1. The Morgan fingerprint density at radius 2 is 2.19 bits per heavy atom. The van der Waals surface area contributed by atoms with E-state index in [0.29, 0.717) is 5.92 Å². The summed E-state index contributed by atoms with van der Waals surface area (Å²) >= 11 is 0. The van der Waals surface area contributed by atoms with Gasteiger partial charge >= 0.3 is 0 Å². The number of aryl methyl sites for hydroxylation is 1. The van der Waals surface area contributed by atoms with E-state index < -0.39 is 0 Å². The molecule has 0 saturated carbocycles. The number of hydrogen-bond donors (Lipinski definition) is 1. The third-order valence-corrected chi connectivity index (χ3v) is 3.84. The van der Waals surface area contributed by atoms with Crippen molar-refractivity contribution in [3.05, 3.63) is 29.8 Å². The quantitative estimate of drug-likeness (QED) is 0.875. The Balaban J connectivity index is 0.00000220. The van der Waals surface area contributed by atoms with Crippen LogP contribution in [0.25, 0.3) is 0 Å². The van der Waals surface area contributed by atoms with Crippen molar-refractivity contribution in [1.82, 2.24) is 10.2 Å². The van der Waals surface area contributed by atoms with Crippen molar-refractivity contribution in [3.63, 3.8) is 0 Å². The molecule has 1 aliphatic rings. The van der Waals surface area contributed by atoms with Gasteiger partial charge in [0.2, 0.25) is 0 Å². The lowest BCUT2D eigenvalue weighted by molar-refractivity contribution is -0.132. The van der Waals surface area contributed by atoms with Crippen molar-refractivity contribution in [3.8, 4) is 5.75 Å². The van der Waals surface area contributed by atoms with E-state index in [0.717, 1.165) is 43.8 Å². The Hall–Kier alpha value is -1.26. The highest BCUT2D eigenvalue weighted by molar-refractivity contribution is 5.85. The molecular formula is C16H25ClN2O2. The monoisotopic (exact) mass is 312 g/mol. The van der Waals surface area contributed by atoms with Gasteiger partial charge in [-0.3, -0.25) is 4.79 Å². The van der Waals surface area contributed by atoms with Crippen molar-refractivity contribution >= 4 is 18.3 Å². The van der Waals surface area contributed by atoms with Gasteiger partial charge in [0.1, 0.15) is 5.75 Å². The smallest absolute Gasteiger partial charge is 0.260 e. The zero-order valence-corrected chi connectivity index (χ0v) is 13.6. The minimum absolute atomic E-state index is 0. The molecular weight excluding hydrogens is 288 g/mol. The van der Waals surface area contributed by atoms with Gasteiger partial charge < -0.3 is 15.0 Å². The van der Waals surface area contributed by atoms with Crippen LogP contribution in [0, 0.1) is 5.92 Å². The normalized spacial score (nSPS) is 17.4. The van der Waals surface area contributed by atoms with E-state index in [2.05, 4.69) is 12.2 Å². The van der Waals surface area contributed by atoms with Gasteiger partial charge in [-0.15, -0.1) is 12.4 Å². The van der Waals surface area contributed by atoms with Gasteiger partial charge in [0.25, 0.3) is 5.91 Å². The van der Waals surface area contributed by atoms with Crippen LogP contribution in [0.3, 0.4) is 0 Å². The van der Waals surface area contributed by atoms with E-state index >= 15 is 0 Å². The Kier molecular flexibility index (Phi) is 7.54. The molecule has 118 valence electrons. The second-order valence-electron chi connectivity index (χ2n) is 5.30. The van der Waals surface area contributed by atoms with Crippen LogP contribution in [0.1, 0.15) is 18.9 Å². The van der Waals surface area contributed by atoms with Crippen LogP contribution in [0.4, 0.5) is 0 Å². The van der Waals surface area contributed by atoms with Crippen LogP contribution in [-0.4, -0.2) is 44.1 Å². The molecule has 1 aliphatic heterocycles. The average molecular weight is 313 g/mol. The van der Waals surface area contributed by atoms with Gasteiger partial charge in [-0.2, -0.15) is 0 Å². The Labute approximate surface area is 133 Å². The van der Waals surface area contributed by atoms with Crippen molar-refractivity contribution in [1.29, 1.82) is 0 Å². The molecule has 1 aromatic rings. The van der Waals surface area contributed by atoms with Crippen molar-refractivity contribution in [2.24, 2.45) is 5.92 Å². The highest BCUT2D eigenvalue weighted by Gasteiger charge is 2.25. The van der Waals surface area contributed by atoms with E-state index in [1.165, 1.54) is 0 Å². The van der Waals surface area contributed by atoms with Gasteiger partial charge in [-0.05, 0) is 44.0 Å². The summed E-state index contributed by atoms with van der Waals surface area (Å²) in [5, 5.41) is 3.17. The first kappa shape index (κ1) is 17.8. The molecule has 4 nitrogen and oxygen atoms in total. The van der Waals surface area contributed by atoms with E-state index in [1.54, 1.807) is 0 Å². The molecule has 0 bridgehead atoms. The van der Waals surface area contributed by atoms with Crippen LogP contribution in [0.15, 0.2) is 24.3 Å². The summed E-state index contributed by atoms with van der Waals surface area (Å²) in [5.41, 5.74) is 1.15. The second-order valence-corrected chi connectivity index (χ2v) is 5.30. The fraction of sp³-hybridized carbons (Fsp3) is 0.562. The number of carbonyl (C=O) groups is 1. The van der Waals surface area contributed by atoms with E-state index in [9.17, 15) is 4.79 Å². The number of halogens is 1. The molecule has 1 amide bonds. The molecule has 0 radical (unpaired) electrons. The first-order chi connectivity index (χ1) is 9.74. The van der Waals surface area contributed by atoms with Gasteiger partial charge in [0, 0.05) is 13.1 Å². The number of carbonyl (C=O) groups excluding carboxylic acids is 1. The number of rotatable bonds is 6. The summed E-state index contributed by atoms with van der Waals surface area (Å²) in [4.78, 5) is 14.1. The van der Waals surface area contributed by atoms with Crippen LogP contribution >= 0.6 is 12.4 Å². The Morgan fingerprint density at radius 1 is 1.43 bits per heavy atom. The van der Waals surface area contributed by atoms with Gasteiger partial charge in [0.05, 0.1) is 0 Å². The van der Waals surface area contributed by atoms with Crippen molar-refractivity contribution < 1.29 is 9.53 Å². The van der Waals surface area contributed by atoms with Gasteiger partial charge in [0.15, 0.2) is 6.61 Å². The Bertz CT molecular complexity index is 454. The number of para-hydroxylation sites is 1. The summed E-state index contributed by atoms with van der Waals surface area (Å²) in [6, 6.07) is 7.91. The van der Waals surface area contributed by atoms with E-state index in [-0.39, 0.29) is 24.9 Å². The predicted molar refractivity (Wildman–Crippen MR) is 87.2 cm³/mol. The summed E-state index contributed by atoms with van der Waals surface area (Å²) in [6.45, 7) is 4.90. The molecule has 0 aromatic heterocycles. The van der Waals surface area contributed by atoms with Crippen LogP contribution in [-0.2, 0) is 11.2 Å². The lowest BCUT2D eigenvalue weighted by Crippen LogP contribution is -2.34. The maximum Gasteiger partial charge on any atom is 0.260 e. The molecule has 1 aromatic carbocycles. The number of nitrogens with one attached hydrogen (secondary N) is 1. The molecule has 1 unspecified atom stereocenters. The fourth-order valence-corrected chi connectivity index (χ4v) is 2.68. The lowest BCUT2D eigenvalue weighted by Gasteiger charge is -2.17. The second kappa shape index (κ2) is 8.90. The van der Waals surface area contributed by atoms with E-state index in [4.69, 9.17) is 4.74 Å². The highest BCUT2D eigenvalue weighted by atomic mass is 35.5. The zero-order valence-electron chi connectivity index (χ0n) is 12.8. The zero-order chi connectivity index (χ0) is 14.4. The summed E-state index contributed by atoms with van der Waals surface area (Å²) in [5.74, 6) is 1.50. The van der Waals surface area contributed by atoms with Crippen LogP contribution in [0.5, 0.6) is 5.75 Å². The molecule has 2 rings (SSSR count). The lowest BCUT2D eigenvalue weighted by atomic mass is 10.1. The third-order valence-electron chi connectivity index (χ3n) is 3.84. The third kappa shape index (κ3) is 4.90. The van der Waals surface area contributed by atoms with Gasteiger partial charge in [-0.25, -0.2) is 0 Å². The summed E-state index contributed by atoms with van der Waals surface area (Å²) in [6.07, 6.45) is 2.00. The molecule has 1 N–H and O–H groups in total. The largest absolute Gasteiger partial charge is 0.483 e. The number of benzene rings is 1. The first-order valence-corrected chi connectivity index (χ1v) is 7.37. The van der Waals surface area contributed by atoms with Gasteiger partial charge in [-0.1, -0.05) is 25.1 Å². The van der Waals surface area contributed by atoms with Crippen molar-refractivity contribution in [2.75, 3.05) is 33.3 Å². The van der Waals surface area contributed by atoms with E-state index in [1.807, 2.05) is 36.2 Å². The number of likely N-dealkylation sites (tertiary alicyclic amines) is 1. The number of amides is 1. The molecule has 1 heterocycles. The molecule has 1 saturated heterocycles. The number of hydrogen-bond acceptors (Lipinski definition) is 3. The maximum absolute atomic E-state index is 12.1. The average Bonchev–Trinajstić information content (AvgIpc) is 2.94. The molecule has 1 fully saturated rings. The highest BCUT2D eigenvalue weighted by Crippen LogP contribution is 2.19. The molecule has 1 atom stereocenters. The van der Waals surface area contributed by atoms with Crippen LogP contribution in [0.2, 0.25) is 0 Å². The SMILES string of the molecule is CCc1ccccc1OCC(=O)N1CCC(CNC)C1.Cl. The molecule has 0 aliphatic carbocycles. The summed E-state index contributed by atoms with van der Waals surface area (Å²) < 4.78 is 5.69. The molecule has 0 spiro atoms. The first-order valence-electron chi connectivity index (χ1n) is 7.37. The Morgan fingerprint density at radius 3 is 2.90 bits per heavy atom. The standard InChI is InChI=1S/C16H24N2O2.ClH/c1-3-14-6-4-5-7-15(14)20-12-16(19)18-9-8-13(11-18)10-17-2;/h4-7,13,17H,3,8-12H2,1-2H3;1H.